The van der Waals surface area contributed by atoms with Crippen LogP contribution in [0.1, 0.15) is 17.5 Å². The van der Waals surface area contributed by atoms with Crippen LogP contribution in [-0.4, -0.2) is 39.2 Å². The highest BCUT2D eigenvalue weighted by molar-refractivity contribution is 9.10. The standard InChI is InChI=1S/C26H24BrN3O3/c1-17-5-7-18(8-6-17)11-13-30(14-12-24(32)33)26-22-10-9-21(31)16-23(22)28-25(29-26)19-3-2-4-20(27)15-19/h2-10,15-16,31H,11-14H2,1H3,(H,32,33). The Kier molecular flexibility index (Phi) is 6.89. The number of nitrogens with zero attached hydrogens (tertiary/aromatic N) is 3. The lowest BCUT2D eigenvalue weighted by atomic mass is 10.1. The number of hydrogen-bond donors (Lipinski definition) is 2. The second-order valence-corrected chi connectivity index (χ2v) is 8.86. The molecule has 0 saturated heterocycles. The molecular weight excluding hydrogens is 482 g/mol. The van der Waals surface area contributed by atoms with Crippen LogP contribution in [-0.2, 0) is 11.2 Å². The van der Waals surface area contributed by atoms with Gasteiger partial charge in [0.15, 0.2) is 5.82 Å². The highest BCUT2D eigenvalue weighted by atomic mass is 79.9. The van der Waals surface area contributed by atoms with Crippen molar-refractivity contribution < 1.29 is 15.0 Å². The molecule has 0 unspecified atom stereocenters. The summed E-state index contributed by atoms with van der Waals surface area (Å²) in [7, 11) is 0. The van der Waals surface area contributed by atoms with Gasteiger partial charge in [0.1, 0.15) is 11.6 Å². The van der Waals surface area contributed by atoms with Gasteiger partial charge < -0.3 is 15.1 Å². The maximum absolute atomic E-state index is 11.4. The normalized spacial score (nSPS) is 11.0. The highest BCUT2D eigenvalue weighted by Crippen LogP contribution is 2.31. The third-order valence-electron chi connectivity index (χ3n) is 5.43. The summed E-state index contributed by atoms with van der Waals surface area (Å²) in [6, 6.07) is 21.0. The van der Waals surface area contributed by atoms with Crippen LogP contribution in [0.4, 0.5) is 5.82 Å². The zero-order valence-corrected chi connectivity index (χ0v) is 19.8. The number of halogens is 1. The van der Waals surface area contributed by atoms with Gasteiger partial charge in [-0.1, -0.05) is 57.9 Å². The number of carbonyl (C=O) groups is 1. The zero-order valence-electron chi connectivity index (χ0n) is 18.2. The van der Waals surface area contributed by atoms with E-state index in [0.717, 1.165) is 21.8 Å². The monoisotopic (exact) mass is 505 g/mol. The lowest BCUT2D eigenvalue weighted by Gasteiger charge is -2.25. The van der Waals surface area contributed by atoms with Crippen molar-refractivity contribution in [1.29, 1.82) is 0 Å². The number of carboxylic acid groups (broad SMARTS) is 1. The van der Waals surface area contributed by atoms with Gasteiger partial charge in [0, 0.05) is 34.6 Å². The summed E-state index contributed by atoms with van der Waals surface area (Å²) in [5, 5.41) is 20.2. The maximum atomic E-state index is 11.4. The summed E-state index contributed by atoms with van der Waals surface area (Å²) in [6.07, 6.45) is 0.736. The predicted octanol–water partition coefficient (Wildman–Crippen LogP) is 5.60. The average Bonchev–Trinajstić information content (AvgIpc) is 2.79. The first-order chi connectivity index (χ1) is 15.9. The molecule has 0 spiro atoms. The fourth-order valence-corrected chi connectivity index (χ4v) is 4.07. The van der Waals surface area contributed by atoms with Crippen LogP contribution in [0.25, 0.3) is 22.3 Å². The SMILES string of the molecule is Cc1ccc(CCN(CCC(=O)O)c2nc(-c3cccc(Br)c3)nc3cc(O)ccc23)cc1. The van der Waals surface area contributed by atoms with Gasteiger partial charge in [0.25, 0.3) is 0 Å². The number of aliphatic carboxylic acids is 1. The number of anilines is 1. The fraction of sp³-hybridized carbons (Fsp3) is 0.192. The Hall–Kier alpha value is -3.45. The highest BCUT2D eigenvalue weighted by Gasteiger charge is 2.17. The minimum Gasteiger partial charge on any atom is -0.508 e. The van der Waals surface area contributed by atoms with Gasteiger partial charge in [-0.05, 0) is 43.2 Å². The van der Waals surface area contributed by atoms with E-state index in [1.807, 2.05) is 29.2 Å². The number of aromatic nitrogens is 2. The quantitative estimate of drug-likeness (QED) is 0.324. The van der Waals surface area contributed by atoms with E-state index in [2.05, 4.69) is 52.1 Å². The van der Waals surface area contributed by atoms with Gasteiger partial charge in [-0.3, -0.25) is 4.79 Å². The number of hydrogen-bond acceptors (Lipinski definition) is 5. The Morgan fingerprint density at radius 3 is 2.52 bits per heavy atom. The number of carboxylic acids is 1. The molecule has 1 heterocycles. The van der Waals surface area contributed by atoms with Crippen LogP contribution in [0, 0.1) is 6.92 Å². The Bertz CT molecular complexity index is 1290. The Morgan fingerprint density at radius 1 is 1.00 bits per heavy atom. The number of aryl methyl sites for hydroxylation is 1. The van der Waals surface area contributed by atoms with E-state index in [9.17, 15) is 15.0 Å². The van der Waals surface area contributed by atoms with E-state index in [0.29, 0.717) is 30.2 Å². The second-order valence-electron chi connectivity index (χ2n) is 7.95. The summed E-state index contributed by atoms with van der Waals surface area (Å²) in [5.74, 6) is 0.422. The second kappa shape index (κ2) is 10.0. The van der Waals surface area contributed by atoms with Gasteiger partial charge >= 0.3 is 5.97 Å². The molecule has 4 aromatic rings. The van der Waals surface area contributed by atoms with Crippen molar-refractivity contribution in [2.24, 2.45) is 0 Å². The van der Waals surface area contributed by atoms with Crippen molar-refractivity contribution in [3.05, 3.63) is 82.3 Å². The van der Waals surface area contributed by atoms with Crippen LogP contribution in [0.15, 0.2) is 71.2 Å². The molecule has 0 bridgehead atoms. The number of phenols is 1. The summed E-state index contributed by atoms with van der Waals surface area (Å²) < 4.78 is 0.906. The summed E-state index contributed by atoms with van der Waals surface area (Å²) >= 11 is 3.49. The minimum absolute atomic E-state index is 0.0102. The molecule has 4 rings (SSSR count). The number of phenolic OH excluding ortho intramolecular Hbond substituents is 1. The number of rotatable bonds is 8. The van der Waals surface area contributed by atoms with Crippen LogP contribution < -0.4 is 4.90 Å². The van der Waals surface area contributed by atoms with Crippen molar-refractivity contribution in [3.63, 3.8) is 0 Å². The third kappa shape index (κ3) is 5.68. The molecule has 0 saturated carbocycles. The molecule has 0 amide bonds. The summed E-state index contributed by atoms with van der Waals surface area (Å²) in [5.41, 5.74) is 3.80. The predicted molar refractivity (Wildman–Crippen MR) is 134 cm³/mol. The molecule has 0 atom stereocenters. The van der Waals surface area contributed by atoms with Gasteiger partial charge in [0.2, 0.25) is 0 Å². The van der Waals surface area contributed by atoms with Crippen LogP contribution in [0.2, 0.25) is 0 Å². The van der Waals surface area contributed by atoms with Gasteiger partial charge in [-0.15, -0.1) is 0 Å². The van der Waals surface area contributed by atoms with E-state index in [1.54, 1.807) is 18.2 Å². The third-order valence-corrected chi connectivity index (χ3v) is 5.92. The van der Waals surface area contributed by atoms with E-state index >= 15 is 0 Å². The molecule has 3 aromatic carbocycles. The fourth-order valence-electron chi connectivity index (χ4n) is 3.67. The van der Waals surface area contributed by atoms with Gasteiger partial charge in [0.05, 0.1) is 11.9 Å². The summed E-state index contributed by atoms with van der Waals surface area (Å²) in [6.45, 7) is 2.96. The van der Waals surface area contributed by atoms with Crippen LogP contribution >= 0.6 is 15.9 Å². The van der Waals surface area contributed by atoms with Crippen LogP contribution in [0.3, 0.4) is 0 Å². The molecule has 6 nitrogen and oxygen atoms in total. The Balaban J connectivity index is 1.78. The van der Waals surface area contributed by atoms with Gasteiger partial charge in [-0.2, -0.15) is 0 Å². The molecule has 0 aliphatic heterocycles. The first kappa shape index (κ1) is 22.7. The smallest absolute Gasteiger partial charge is 0.305 e. The largest absolute Gasteiger partial charge is 0.508 e. The van der Waals surface area contributed by atoms with Crippen LogP contribution in [0.5, 0.6) is 5.75 Å². The molecule has 1 aromatic heterocycles. The van der Waals surface area contributed by atoms with Crippen molar-refractivity contribution in [3.8, 4) is 17.1 Å². The molecular formula is C26H24BrN3O3. The molecule has 7 heteroatoms. The molecule has 168 valence electrons. The maximum Gasteiger partial charge on any atom is 0.305 e. The van der Waals surface area contributed by atoms with E-state index in [-0.39, 0.29) is 12.2 Å². The molecule has 33 heavy (non-hydrogen) atoms. The van der Waals surface area contributed by atoms with Gasteiger partial charge in [-0.25, -0.2) is 9.97 Å². The van der Waals surface area contributed by atoms with Crippen molar-refractivity contribution >= 4 is 38.6 Å². The number of benzene rings is 3. The topological polar surface area (TPSA) is 86.6 Å². The first-order valence-electron chi connectivity index (χ1n) is 10.7. The molecule has 2 N–H and O–H groups in total. The van der Waals surface area contributed by atoms with E-state index < -0.39 is 5.97 Å². The van der Waals surface area contributed by atoms with E-state index in [1.165, 1.54) is 11.1 Å². The lowest BCUT2D eigenvalue weighted by Crippen LogP contribution is -2.29. The molecule has 0 fully saturated rings. The minimum atomic E-state index is -0.862. The molecule has 0 aliphatic carbocycles. The zero-order chi connectivity index (χ0) is 23.4. The Morgan fingerprint density at radius 2 is 1.79 bits per heavy atom. The molecule has 0 radical (unpaired) electrons. The number of aromatic hydroxyl groups is 1. The summed E-state index contributed by atoms with van der Waals surface area (Å²) in [4.78, 5) is 22.9. The number of fused-ring (bicyclic) bond motifs is 1. The lowest BCUT2D eigenvalue weighted by molar-refractivity contribution is -0.136. The van der Waals surface area contributed by atoms with Crippen molar-refractivity contribution in [1.82, 2.24) is 9.97 Å². The first-order valence-corrected chi connectivity index (χ1v) is 11.5. The Labute approximate surface area is 200 Å². The van der Waals surface area contributed by atoms with Crippen molar-refractivity contribution in [2.45, 2.75) is 19.8 Å². The van der Waals surface area contributed by atoms with Crippen molar-refractivity contribution in [2.75, 3.05) is 18.0 Å². The average molecular weight is 506 g/mol. The van der Waals surface area contributed by atoms with E-state index in [4.69, 9.17) is 4.98 Å². The molecule has 0 aliphatic rings.